The molecule has 0 saturated carbocycles. The predicted octanol–water partition coefficient (Wildman–Crippen LogP) is 2.28. The lowest BCUT2D eigenvalue weighted by Crippen LogP contribution is -2.45. The Morgan fingerprint density at radius 3 is 2.40 bits per heavy atom. The molecule has 0 radical (unpaired) electrons. The monoisotopic (exact) mass is 337 g/mol. The number of Topliss-reactive ketones (excluding diaryl/α,β-unsaturated/α-hetero) is 1. The third-order valence-corrected chi connectivity index (χ3v) is 4.12. The van der Waals surface area contributed by atoms with Crippen molar-refractivity contribution in [3.63, 3.8) is 0 Å². The van der Waals surface area contributed by atoms with Gasteiger partial charge in [-0.05, 0) is 18.2 Å². The molecule has 6 heteroatoms. The van der Waals surface area contributed by atoms with Crippen LogP contribution in [0.1, 0.15) is 15.9 Å². The molecule has 2 aromatic carbocycles. The average Bonchev–Trinajstić information content (AvgIpc) is 2.59. The molecular weight excluding hydrogens is 316 g/mol. The minimum atomic E-state index is -1.45. The number of aliphatic hydroxyl groups excluding tert-OH is 1. The quantitative estimate of drug-likeness (QED) is 0.593. The van der Waals surface area contributed by atoms with Gasteiger partial charge in [0.05, 0.1) is 38.1 Å². The van der Waals surface area contributed by atoms with Gasteiger partial charge in [0.15, 0.2) is 6.10 Å². The summed E-state index contributed by atoms with van der Waals surface area (Å²) < 4.78 is 0.420. The van der Waals surface area contributed by atoms with Crippen LogP contribution >= 0.6 is 0 Å². The molecule has 2 aromatic rings. The smallest absolute Gasteiger partial charge is 0.204 e. The second-order valence-corrected chi connectivity index (χ2v) is 6.83. The summed E-state index contributed by atoms with van der Waals surface area (Å²) in [6.45, 7) is 0. The van der Waals surface area contributed by atoms with Crippen molar-refractivity contribution < 1.29 is 9.90 Å². The summed E-state index contributed by atoms with van der Waals surface area (Å²) in [6, 6.07) is 14.6. The Hall–Kier alpha value is -2.83. The molecule has 0 aromatic heterocycles. The summed E-state index contributed by atoms with van der Waals surface area (Å²) in [4.78, 5) is 12.8. The number of nitrogens with zero attached hydrogens (tertiary/aromatic N) is 2. The zero-order valence-corrected chi connectivity index (χ0v) is 14.4. The number of fused-ring (bicyclic) bond motifs is 1. The van der Waals surface area contributed by atoms with Crippen molar-refractivity contribution in [3.05, 3.63) is 59.7 Å². The summed E-state index contributed by atoms with van der Waals surface area (Å²) in [7, 11) is 5.83. The molecule has 25 heavy (non-hydrogen) atoms. The number of hydrogen-bond acceptors (Lipinski definition) is 5. The van der Waals surface area contributed by atoms with Crippen LogP contribution in [0.15, 0.2) is 53.6 Å². The van der Waals surface area contributed by atoms with Gasteiger partial charge in [-0.1, -0.05) is 30.3 Å². The van der Waals surface area contributed by atoms with Crippen LogP contribution in [0.4, 0.5) is 11.4 Å². The van der Waals surface area contributed by atoms with Crippen LogP contribution in [-0.4, -0.2) is 49.6 Å². The van der Waals surface area contributed by atoms with Gasteiger partial charge in [-0.3, -0.25) is 20.1 Å². The van der Waals surface area contributed by atoms with Crippen molar-refractivity contribution in [3.8, 4) is 0 Å². The Morgan fingerprint density at radius 1 is 1.08 bits per heavy atom. The third-order valence-electron chi connectivity index (χ3n) is 4.12. The topological polar surface area (TPSA) is 85.5 Å². The van der Waals surface area contributed by atoms with E-state index in [1.807, 2.05) is 63.6 Å². The van der Waals surface area contributed by atoms with E-state index in [9.17, 15) is 9.90 Å². The van der Waals surface area contributed by atoms with E-state index in [-0.39, 0.29) is 11.4 Å². The number of ketones is 1. The fourth-order valence-electron chi connectivity index (χ4n) is 2.86. The zero-order valence-electron chi connectivity index (χ0n) is 14.4. The minimum Gasteiger partial charge on any atom is -0.378 e. The van der Waals surface area contributed by atoms with Crippen molar-refractivity contribution >= 4 is 28.6 Å². The first-order valence-electron chi connectivity index (χ1n) is 7.96. The molecule has 0 bridgehead atoms. The highest BCUT2D eigenvalue weighted by atomic mass is 16.3. The van der Waals surface area contributed by atoms with Crippen molar-refractivity contribution in [2.45, 2.75) is 6.10 Å². The van der Waals surface area contributed by atoms with Crippen molar-refractivity contribution in [2.75, 3.05) is 26.6 Å². The first kappa shape index (κ1) is 17.0. The average molecular weight is 337 g/mol. The largest absolute Gasteiger partial charge is 0.378 e. The molecule has 128 valence electrons. The highest BCUT2D eigenvalue weighted by Crippen LogP contribution is 2.31. The van der Waals surface area contributed by atoms with Gasteiger partial charge in [0.1, 0.15) is 11.4 Å². The number of carbonyl (C=O) groups is 1. The molecule has 0 heterocycles. The standard InChI is InChI=1S/C19H21N4O2/c1-23(2,3)14-11-7-10-13-15(14)18(24)19(25)17(16(13)20)22-21-12-8-5-4-6-9-12/h4-11,19-21,25H,1-3H3/q+1/b20-16?,22-17-. The van der Waals surface area contributed by atoms with Gasteiger partial charge in [0, 0.05) is 5.56 Å². The van der Waals surface area contributed by atoms with Gasteiger partial charge < -0.3 is 5.11 Å². The van der Waals surface area contributed by atoms with E-state index >= 15 is 0 Å². The summed E-state index contributed by atoms with van der Waals surface area (Å²) >= 11 is 0. The van der Waals surface area contributed by atoms with Crippen molar-refractivity contribution in [1.29, 1.82) is 5.41 Å². The highest BCUT2D eigenvalue weighted by Gasteiger charge is 2.39. The number of nitrogens with one attached hydrogen (secondary N) is 2. The van der Waals surface area contributed by atoms with Gasteiger partial charge >= 0.3 is 0 Å². The first-order chi connectivity index (χ1) is 11.8. The van der Waals surface area contributed by atoms with E-state index in [0.717, 1.165) is 5.69 Å². The molecule has 0 aliphatic heterocycles. The van der Waals surface area contributed by atoms with Crippen LogP contribution in [0.3, 0.4) is 0 Å². The molecule has 1 unspecified atom stereocenters. The van der Waals surface area contributed by atoms with E-state index < -0.39 is 11.9 Å². The molecule has 1 aliphatic carbocycles. The van der Waals surface area contributed by atoms with Crippen LogP contribution < -0.4 is 9.91 Å². The highest BCUT2D eigenvalue weighted by molar-refractivity contribution is 6.56. The minimum absolute atomic E-state index is 0.0277. The maximum atomic E-state index is 12.8. The van der Waals surface area contributed by atoms with Gasteiger partial charge in [-0.15, -0.1) is 0 Å². The van der Waals surface area contributed by atoms with Crippen LogP contribution in [0.25, 0.3) is 0 Å². The molecule has 0 amide bonds. The first-order valence-corrected chi connectivity index (χ1v) is 7.96. The Bertz CT molecular complexity index is 867. The number of hydrogen-bond donors (Lipinski definition) is 3. The number of anilines is 1. The SMILES string of the molecule is C[N+](C)(C)c1cccc2c1C(=O)C(O)/C(=N\Nc1ccccc1)C2=N. The van der Waals surface area contributed by atoms with Crippen molar-refractivity contribution in [1.82, 2.24) is 4.48 Å². The lowest BCUT2D eigenvalue weighted by Gasteiger charge is -2.30. The number of aliphatic hydroxyl groups is 1. The third kappa shape index (κ3) is 3.09. The van der Waals surface area contributed by atoms with Crippen LogP contribution in [-0.2, 0) is 0 Å². The number of rotatable bonds is 3. The molecule has 6 nitrogen and oxygen atoms in total. The zero-order chi connectivity index (χ0) is 18.2. The predicted molar refractivity (Wildman–Crippen MR) is 101 cm³/mol. The molecule has 3 rings (SSSR count). The normalized spacial score (nSPS) is 19.0. The lowest BCUT2D eigenvalue weighted by molar-refractivity contribution is 0.0842. The number of carbonyl (C=O) groups excluding carboxylic acids is 1. The van der Waals surface area contributed by atoms with Crippen molar-refractivity contribution in [2.24, 2.45) is 5.10 Å². The number of quaternary nitrogens is 1. The summed E-state index contributed by atoms with van der Waals surface area (Å²) in [5, 5.41) is 23.0. The number of para-hydroxylation sites is 1. The molecular formula is C19H21N4O2+. The summed E-state index contributed by atoms with van der Waals surface area (Å²) in [5.74, 6) is -0.428. The Kier molecular flexibility index (Phi) is 4.24. The van der Waals surface area contributed by atoms with E-state index in [1.165, 1.54) is 0 Å². The van der Waals surface area contributed by atoms with Crippen LogP contribution in [0, 0.1) is 5.41 Å². The van der Waals surface area contributed by atoms with E-state index in [0.29, 0.717) is 21.3 Å². The van der Waals surface area contributed by atoms with E-state index in [2.05, 4.69) is 10.5 Å². The lowest BCUT2D eigenvalue weighted by atomic mass is 9.84. The number of benzene rings is 2. The Labute approximate surface area is 146 Å². The summed E-state index contributed by atoms with van der Waals surface area (Å²) in [6.07, 6.45) is -1.45. The fourth-order valence-corrected chi connectivity index (χ4v) is 2.86. The van der Waals surface area contributed by atoms with Crippen LogP contribution in [0.5, 0.6) is 0 Å². The second kappa shape index (κ2) is 6.23. The molecule has 1 aliphatic rings. The fraction of sp³-hybridized carbons (Fsp3) is 0.211. The molecule has 0 saturated heterocycles. The van der Waals surface area contributed by atoms with E-state index in [1.54, 1.807) is 6.07 Å². The maximum absolute atomic E-state index is 12.8. The van der Waals surface area contributed by atoms with Gasteiger partial charge in [0.25, 0.3) is 0 Å². The van der Waals surface area contributed by atoms with Gasteiger partial charge in [0.2, 0.25) is 5.78 Å². The van der Waals surface area contributed by atoms with Gasteiger partial charge in [-0.2, -0.15) is 5.10 Å². The maximum Gasteiger partial charge on any atom is 0.204 e. The Balaban J connectivity index is 2.05. The van der Waals surface area contributed by atoms with E-state index in [4.69, 9.17) is 5.41 Å². The van der Waals surface area contributed by atoms with Gasteiger partial charge in [-0.25, -0.2) is 0 Å². The second-order valence-electron chi connectivity index (χ2n) is 6.83. The molecule has 3 N–H and O–H groups in total. The summed E-state index contributed by atoms with van der Waals surface area (Å²) in [5.41, 5.74) is 5.26. The molecule has 0 fully saturated rings. The molecule has 1 atom stereocenters. The van der Waals surface area contributed by atoms with Crippen LogP contribution in [0.2, 0.25) is 0 Å². The number of hydrazone groups is 1. The Morgan fingerprint density at radius 2 is 1.76 bits per heavy atom. The molecule has 0 spiro atoms.